The van der Waals surface area contributed by atoms with E-state index in [0.29, 0.717) is 24.5 Å². The number of nitrogens with zero attached hydrogens (tertiary/aromatic N) is 3. The van der Waals surface area contributed by atoms with Gasteiger partial charge in [-0.2, -0.15) is 13.2 Å². The molecular formula is C20H16ClF3N4O. The minimum atomic E-state index is -4.66. The standard InChI is InChI=1S/C20H16ClF3N4O/c21-14-4-2-13(3-5-14)16-6-1-12(9-25-16)10-28-8-7-17-15(11-28)18(29)27-19(26-17)20(22,23)24/h1-6,9H,7-8,10-11H2,(H,26,27,29). The molecule has 0 radical (unpaired) electrons. The predicted octanol–water partition coefficient (Wildman–Crippen LogP) is 4.06. The van der Waals surface area contributed by atoms with Crippen LogP contribution in [-0.4, -0.2) is 26.4 Å². The van der Waals surface area contributed by atoms with Crippen molar-refractivity contribution in [3.05, 3.63) is 80.6 Å². The molecule has 0 saturated heterocycles. The van der Waals surface area contributed by atoms with Gasteiger partial charge < -0.3 is 4.98 Å². The Labute approximate surface area is 169 Å². The van der Waals surface area contributed by atoms with E-state index in [1.54, 1.807) is 18.3 Å². The number of halogens is 4. The highest BCUT2D eigenvalue weighted by Gasteiger charge is 2.35. The zero-order valence-electron chi connectivity index (χ0n) is 15.1. The maximum absolute atomic E-state index is 12.8. The van der Waals surface area contributed by atoms with Gasteiger partial charge in [-0.15, -0.1) is 0 Å². The molecule has 1 aliphatic heterocycles. The highest BCUT2D eigenvalue weighted by Crippen LogP contribution is 2.27. The van der Waals surface area contributed by atoms with Crippen LogP contribution in [-0.2, 0) is 25.7 Å². The molecule has 0 atom stereocenters. The Morgan fingerprint density at radius 3 is 2.55 bits per heavy atom. The van der Waals surface area contributed by atoms with Gasteiger partial charge in [0.05, 0.1) is 17.0 Å². The summed E-state index contributed by atoms with van der Waals surface area (Å²) >= 11 is 5.90. The first-order valence-corrected chi connectivity index (χ1v) is 9.30. The number of hydrogen-bond acceptors (Lipinski definition) is 4. The number of alkyl halides is 3. The lowest BCUT2D eigenvalue weighted by atomic mass is 10.1. The molecule has 2 aromatic heterocycles. The second kappa shape index (κ2) is 7.61. The molecule has 5 nitrogen and oxygen atoms in total. The number of aromatic nitrogens is 3. The van der Waals surface area contributed by atoms with E-state index < -0.39 is 17.6 Å². The van der Waals surface area contributed by atoms with E-state index in [9.17, 15) is 18.0 Å². The van der Waals surface area contributed by atoms with Crippen LogP contribution in [0.4, 0.5) is 13.2 Å². The number of nitrogens with one attached hydrogen (secondary N) is 1. The number of pyridine rings is 1. The van der Waals surface area contributed by atoms with Gasteiger partial charge >= 0.3 is 6.18 Å². The summed E-state index contributed by atoms with van der Waals surface area (Å²) < 4.78 is 38.5. The molecule has 4 rings (SSSR count). The van der Waals surface area contributed by atoms with E-state index in [0.717, 1.165) is 16.8 Å². The minimum absolute atomic E-state index is 0.216. The normalized spacial score (nSPS) is 14.6. The van der Waals surface area contributed by atoms with Crippen LogP contribution >= 0.6 is 11.6 Å². The molecule has 150 valence electrons. The molecule has 3 heterocycles. The number of benzene rings is 1. The molecule has 0 amide bonds. The van der Waals surface area contributed by atoms with Crippen LogP contribution < -0.4 is 5.56 Å². The zero-order chi connectivity index (χ0) is 20.6. The molecule has 0 unspecified atom stereocenters. The van der Waals surface area contributed by atoms with Gasteiger partial charge in [-0.05, 0) is 23.8 Å². The monoisotopic (exact) mass is 420 g/mol. The Kier molecular flexibility index (Phi) is 5.14. The second-order valence-electron chi connectivity index (χ2n) is 6.86. The summed E-state index contributed by atoms with van der Waals surface area (Å²) in [7, 11) is 0. The lowest BCUT2D eigenvalue weighted by molar-refractivity contribution is -0.145. The zero-order valence-corrected chi connectivity index (χ0v) is 15.9. The van der Waals surface area contributed by atoms with Crippen molar-refractivity contribution in [3.63, 3.8) is 0 Å². The van der Waals surface area contributed by atoms with Gasteiger partial charge in [-0.1, -0.05) is 29.8 Å². The minimum Gasteiger partial charge on any atom is -0.303 e. The topological polar surface area (TPSA) is 61.9 Å². The fourth-order valence-electron chi connectivity index (χ4n) is 3.32. The van der Waals surface area contributed by atoms with Gasteiger partial charge in [-0.25, -0.2) is 4.98 Å². The third kappa shape index (κ3) is 4.33. The summed E-state index contributed by atoms with van der Waals surface area (Å²) in [5, 5.41) is 0.655. The van der Waals surface area contributed by atoms with E-state index in [4.69, 9.17) is 11.6 Å². The van der Waals surface area contributed by atoms with Crippen molar-refractivity contribution >= 4 is 11.6 Å². The van der Waals surface area contributed by atoms with Gasteiger partial charge in [0.2, 0.25) is 5.82 Å². The fraction of sp³-hybridized carbons (Fsp3) is 0.250. The van der Waals surface area contributed by atoms with E-state index in [1.165, 1.54) is 0 Å². The van der Waals surface area contributed by atoms with Crippen LogP contribution in [0.2, 0.25) is 5.02 Å². The van der Waals surface area contributed by atoms with Crippen molar-refractivity contribution in [2.24, 2.45) is 0 Å². The Morgan fingerprint density at radius 2 is 1.90 bits per heavy atom. The van der Waals surface area contributed by atoms with Crippen molar-refractivity contribution in [2.75, 3.05) is 6.54 Å². The Hall–Kier alpha value is -2.71. The summed E-state index contributed by atoms with van der Waals surface area (Å²) in [6.45, 7) is 1.29. The van der Waals surface area contributed by atoms with Gasteiger partial charge in [-0.3, -0.25) is 14.7 Å². The molecule has 1 aliphatic rings. The largest absolute Gasteiger partial charge is 0.449 e. The van der Waals surface area contributed by atoms with Crippen LogP contribution in [0.1, 0.15) is 22.6 Å². The molecule has 29 heavy (non-hydrogen) atoms. The first-order valence-electron chi connectivity index (χ1n) is 8.92. The highest BCUT2D eigenvalue weighted by atomic mass is 35.5. The van der Waals surface area contributed by atoms with Crippen LogP contribution in [0.3, 0.4) is 0 Å². The molecule has 0 aliphatic carbocycles. The first kappa shape index (κ1) is 19.6. The van der Waals surface area contributed by atoms with E-state index in [-0.39, 0.29) is 17.8 Å². The number of aromatic amines is 1. The van der Waals surface area contributed by atoms with Crippen molar-refractivity contribution in [1.29, 1.82) is 0 Å². The molecule has 0 spiro atoms. The molecule has 1 aromatic carbocycles. The lowest BCUT2D eigenvalue weighted by Gasteiger charge is -2.27. The number of rotatable bonds is 3. The van der Waals surface area contributed by atoms with Gasteiger partial charge in [0.15, 0.2) is 0 Å². The average molecular weight is 421 g/mol. The Balaban J connectivity index is 1.48. The highest BCUT2D eigenvalue weighted by molar-refractivity contribution is 6.30. The molecule has 0 saturated carbocycles. The van der Waals surface area contributed by atoms with Gasteiger partial charge in [0.1, 0.15) is 0 Å². The van der Waals surface area contributed by atoms with Crippen molar-refractivity contribution in [1.82, 2.24) is 19.9 Å². The van der Waals surface area contributed by atoms with Crippen LogP contribution in [0, 0.1) is 0 Å². The maximum atomic E-state index is 12.8. The number of fused-ring (bicyclic) bond motifs is 1. The molecule has 1 N–H and O–H groups in total. The Morgan fingerprint density at radius 1 is 1.14 bits per heavy atom. The summed E-state index contributed by atoms with van der Waals surface area (Å²) in [4.78, 5) is 24.0. The third-order valence-electron chi connectivity index (χ3n) is 4.79. The van der Waals surface area contributed by atoms with Crippen molar-refractivity contribution in [2.45, 2.75) is 25.7 Å². The Bertz CT molecular complexity index is 1080. The number of H-pyrrole nitrogens is 1. The summed E-state index contributed by atoms with van der Waals surface area (Å²) in [6, 6.07) is 11.2. The summed E-state index contributed by atoms with van der Waals surface area (Å²) in [5.41, 5.74) is 2.48. The van der Waals surface area contributed by atoms with Crippen LogP contribution in [0.25, 0.3) is 11.3 Å². The van der Waals surface area contributed by atoms with E-state index in [2.05, 4.69) is 9.97 Å². The molecule has 3 aromatic rings. The smallest absolute Gasteiger partial charge is 0.303 e. The van der Waals surface area contributed by atoms with E-state index in [1.807, 2.05) is 34.1 Å². The van der Waals surface area contributed by atoms with Crippen LogP contribution in [0.15, 0.2) is 47.4 Å². The van der Waals surface area contributed by atoms with Crippen molar-refractivity contribution < 1.29 is 13.2 Å². The van der Waals surface area contributed by atoms with Gasteiger partial charge in [0, 0.05) is 42.8 Å². The SMILES string of the molecule is O=c1[nH]c(C(F)(F)F)nc2c1CN(Cc1ccc(-c3ccc(Cl)cc3)nc1)CC2. The summed E-state index contributed by atoms with van der Waals surface area (Å²) in [5.74, 6) is -1.24. The average Bonchev–Trinajstić information content (AvgIpc) is 2.69. The molecular weight excluding hydrogens is 405 g/mol. The molecule has 9 heteroatoms. The molecule has 0 fully saturated rings. The summed E-state index contributed by atoms with van der Waals surface area (Å²) in [6.07, 6.45) is -2.61. The van der Waals surface area contributed by atoms with Crippen LogP contribution in [0.5, 0.6) is 0 Å². The second-order valence-corrected chi connectivity index (χ2v) is 7.29. The molecule has 0 bridgehead atoms. The predicted molar refractivity (Wildman–Crippen MR) is 102 cm³/mol. The van der Waals surface area contributed by atoms with Crippen molar-refractivity contribution in [3.8, 4) is 11.3 Å². The maximum Gasteiger partial charge on any atom is 0.449 e. The fourth-order valence-corrected chi connectivity index (χ4v) is 3.44. The van der Waals surface area contributed by atoms with Gasteiger partial charge in [0.25, 0.3) is 5.56 Å². The van der Waals surface area contributed by atoms with E-state index >= 15 is 0 Å². The number of hydrogen-bond donors (Lipinski definition) is 1. The first-order chi connectivity index (χ1) is 13.8. The third-order valence-corrected chi connectivity index (χ3v) is 5.04. The quantitative estimate of drug-likeness (QED) is 0.694. The lowest BCUT2D eigenvalue weighted by Crippen LogP contribution is -2.36.